The topological polar surface area (TPSA) is 63.7 Å². The highest BCUT2D eigenvalue weighted by molar-refractivity contribution is 6.03. The van der Waals surface area contributed by atoms with Crippen LogP contribution in [0.3, 0.4) is 0 Å². The molecular weight excluding hydrogens is 270 g/mol. The summed E-state index contributed by atoms with van der Waals surface area (Å²) in [7, 11) is 0. The second-order valence-electron chi connectivity index (χ2n) is 6.75. The zero-order chi connectivity index (χ0) is 14.7. The van der Waals surface area contributed by atoms with Gasteiger partial charge in [-0.25, -0.2) is 4.79 Å². The maximum Gasteiger partial charge on any atom is 0.330 e. The van der Waals surface area contributed by atoms with Crippen LogP contribution < -0.4 is 0 Å². The quantitative estimate of drug-likeness (QED) is 0.444. The molecule has 2 bridgehead atoms. The summed E-state index contributed by atoms with van der Waals surface area (Å²) < 4.78 is 4.77. The van der Waals surface area contributed by atoms with E-state index in [9.17, 15) is 14.4 Å². The van der Waals surface area contributed by atoms with E-state index in [0.29, 0.717) is 17.8 Å². The van der Waals surface area contributed by atoms with Crippen LogP contribution in [0.4, 0.5) is 0 Å². The number of hydrogen-bond donors (Lipinski definition) is 0. The maximum absolute atomic E-state index is 12.3. The number of imide groups is 1. The number of esters is 1. The molecule has 0 N–H and O–H groups in total. The molecule has 21 heavy (non-hydrogen) atoms. The van der Waals surface area contributed by atoms with E-state index in [4.69, 9.17) is 4.74 Å². The molecule has 1 aliphatic heterocycles. The Morgan fingerprint density at radius 1 is 1.24 bits per heavy atom. The standard InChI is InChI=1S/C16H19NO4/c1-2-13(19)21-7-12(18)17-15-11-6-10(14(15)16(17)20)8-4-3-5-9(8)11/h2,8-11,14-15H,1,3-7H2. The van der Waals surface area contributed by atoms with Gasteiger partial charge in [-0.3, -0.25) is 14.5 Å². The van der Waals surface area contributed by atoms with E-state index in [1.807, 2.05) is 0 Å². The van der Waals surface area contributed by atoms with E-state index in [0.717, 1.165) is 18.4 Å². The van der Waals surface area contributed by atoms with Crippen LogP contribution in [0.1, 0.15) is 25.7 Å². The van der Waals surface area contributed by atoms with E-state index in [2.05, 4.69) is 6.58 Å². The molecule has 3 aliphatic carbocycles. The summed E-state index contributed by atoms with van der Waals surface area (Å²) in [5.41, 5.74) is 0. The minimum atomic E-state index is -0.628. The van der Waals surface area contributed by atoms with Gasteiger partial charge in [0.05, 0.1) is 12.0 Å². The molecule has 4 fully saturated rings. The number of β-lactam (4-membered cyclic amide) rings is 1. The van der Waals surface area contributed by atoms with Crippen LogP contribution in [0.25, 0.3) is 0 Å². The van der Waals surface area contributed by atoms with Crippen molar-refractivity contribution in [3.63, 3.8) is 0 Å². The van der Waals surface area contributed by atoms with Crippen molar-refractivity contribution in [2.75, 3.05) is 6.61 Å². The Morgan fingerprint density at radius 2 is 1.95 bits per heavy atom. The third-order valence-corrected chi connectivity index (χ3v) is 6.13. The fraction of sp³-hybridized carbons (Fsp3) is 0.688. The average molecular weight is 289 g/mol. The van der Waals surface area contributed by atoms with Crippen molar-refractivity contribution < 1.29 is 19.1 Å². The number of carbonyl (C=O) groups excluding carboxylic acids is 3. The lowest BCUT2D eigenvalue weighted by atomic mass is 9.67. The van der Waals surface area contributed by atoms with Gasteiger partial charge in [0, 0.05) is 6.08 Å². The first-order chi connectivity index (χ1) is 10.1. The summed E-state index contributed by atoms with van der Waals surface area (Å²) in [6.07, 6.45) is 5.89. The molecular formula is C16H19NO4. The van der Waals surface area contributed by atoms with Crippen LogP contribution in [0.2, 0.25) is 0 Å². The number of hydrogen-bond acceptors (Lipinski definition) is 4. The predicted octanol–water partition coefficient (Wildman–Crippen LogP) is 1.14. The minimum absolute atomic E-state index is 0.0440. The van der Waals surface area contributed by atoms with Gasteiger partial charge >= 0.3 is 5.97 Å². The van der Waals surface area contributed by atoms with Crippen molar-refractivity contribution in [2.24, 2.45) is 29.6 Å². The summed E-state index contributed by atoms with van der Waals surface area (Å²) in [5.74, 6) is 1.43. The first-order valence-corrected chi connectivity index (χ1v) is 7.78. The normalized spacial score (nSPS) is 42.3. The summed E-state index contributed by atoms with van der Waals surface area (Å²) in [6.45, 7) is 2.93. The Labute approximate surface area is 123 Å². The second kappa shape index (κ2) is 4.42. The van der Waals surface area contributed by atoms with Crippen molar-refractivity contribution >= 4 is 17.8 Å². The summed E-state index contributed by atoms with van der Waals surface area (Å²) >= 11 is 0. The average Bonchev–Trinajstić information content (AvgIpc) is 3.13. The van der Waals surface area contributed by atoms with Gasteiger partial charge in [0.25, 0.3) is 5.91 Å². The predicted molar refractivity (Wildman–Crippen MR) is 72.7 cm³/mol. The van der Waals surface area contributed by atoms with Crippen LogP contribution in [0.5, 0.6) is 0 Å². The highest BCUT2D eigenvalue weighted by Crippen LogP contribution is 2.65. The van der Waals surface area contributed by atoms with E-state index in [1.54, 1.807) is 0 Å². The van der Waals surface area contributed by atoms with Crippen LogP contribution in [-0.4, -0.2) is 35.3 Å². The molecule has 1 heterocycles. The lowest BCUT2D eigenvalue weighted by Gasteiger charge is -2.51. The number of amides is 2. The molecule has 5 nitrogen and oxygen atoms in total. The van der Waals surface area contributed by atoms with Gasteiger partial charge in [-0.15, -0.1) is 0 Å². The Hall–Kier alpha value is -1.65. The third-order valence-electron chi connectivity index (χ3n) is 6.13. The Bertz CT molecular complexity index is 542. The van der Waals surface area contributed by atoms with Gasteiger partial charge in [-0.2, -0.15) is 0 Å². The zero-order valence-corrected chi connectivity index (χ0v) is 11.9. The van der Waals surface area contributed by atoms with Gasteiger partial charge in [0.1, 0.15) is 0 Å². The molecule has 4 aliphatic rings. The third kappa shape index (κ3) is 1.60. The summed E-state index contributed by atoms with van der Waals surface area (Å²) in [5, 5.41) is 0. The second-order valence-corrected chi connectivity index (χ2v) is 6.75. The molecule has 112 valence electrons. The first-order valence-electron chi connectivity index (χ1n) is 7.78. The Balaban J connectivity index is 1.47. The molecule has 0 aromatic carbocycles. The Morgan fingerprint density at radius 3 is 2.67 bits per heavy atom. The van der Waals surface area contributed by atoms with Crippen LogP contribution in [0.15, 0.2) is 12.7 Å². The fourth-order valence-corrected chi connectivity index (χ4v) is 5.53. The minimum Gasteiger partial charge on any atom is -0.452 e. The fourth-order valence-electron chi connectivity index (χ4n) is 5.53. The SMILES string of the molecule is C=CC(=O)OCC(=O)N1C(=O)C2C3CC(C4CCCC43)C21. The van der Waals surface area contributed by atoms with E-state index in [1.165, 1.54) is 24.2 Å². The van der Waals surface area contributed by atoms with Crippen LogP contribution in [0, 0.1) is 29.6 Å². The lowest BCUT2D eigenvalue weighted by Crippen LogP contribution is -2.67. The van der Waals surface area contributed by atoms with Gasteiger partial charge in [-0.1, -0.05) is 13.0 Å². The van der Waals surface area contributed by atoms with Gasteiger partial charge in [0.2, 0.25) is 5.91 Å². The molecule has 0 spiro atoms. The monoisotopic (exact) mass is 289 g/mol. The number of likely N-dealkylation sites (tertiary alicyclic amines) is 1. The molecule has 6 atom stereocenters. The van der Waals surface area contributed by atoms with E-state index in [-0.39, 0.29) is 30.4 Å². The molecule has 6 unspecified atom stereocenters. The highest BCUT2D eigenvalue weighted by atomic mass is 16.5. The molecule has 4 rings (SSSR count). The highest BCUT2D eigenvalue weighted by Gasteiger charge is 2.69. The maximum atomic E-state index is 12.3. The molecule has 0 radical (unpaired) electrons. The van der Waals surface area contributed by atoms with E-state index < -0.39 is 5.97 Å². The zero-order valence-electron chi connectivity index (χ0n) is 11.9. The lowest BCUT2D eigenvalue weighted by molar-refractivity contribution is -0.176. The van der Waals surface area contributed by atoms with Crippen molar-refractivity contribution in [3.8, 4) is 0 Å². The van der Waals surface area contributed by atoms with Crippen LogP contribution in [-0.2, 0) is 19.1 Å². The smallest absolute Gasteiger partial charge is 0.330 e. The van der Waals surface area contributed by atoms with Crippen LogP contribution >= 0.6 is 0 Å². The largest absolute Gasteiger partial charge is 0.452 e. The molecule has 1 saturated heterocycles. The van der Waals surface area contributed by atoms with Gasteiger partial charge in [0.15, 0.2) is 6.61 Å². The number of fused-ring (bicyclic) bond motifs is 8. The molecule has 5 heteroatoms. The molecule has 0 aromatic rings. The number of ether oxygens (including phenoxy) is 1. The van der Waals surface area contributed by atoms with E-state index >= 15 is 0 Å². The number of carbonyl (C=O) groups is 3. The summed E-state index contributed by atoms with van der Waals surface area (Å²) in [6, 6.07) is 0.0804. The molecule has 0 aromatic heterocycles. The Kier molecular flexibility index (Phi) is 2.75. The summed E-state index contributed by atoms with van der Waals surface area (Å²) in [4.78, 5) is 36.9. The van der Waals surface area contributed by atoms with Crippen molar-refractivity contribution in [2.45, 2.75) is 31.7 Å². The molecule has 3 saturated carbocycles. The van der Waals surface area contributed by atoms with Crippen molar-refractivity contribution in [1.29, 1.82) is 0 Å². The van der Waals surface area contributed by atoms with Crippen molar-refractivity contribution in [3.05, 3.63) is 12.7 Å². The molecule has 2 amide bonds. The van der Waals surface area contributed by atoms with Gasteiger partial charge in [-0.05, 0) is 42.9 Å². The number of rotatable bonds is 3. The first kappa shape index (κ1) is 13.0. The number of nitrogens with zero attached hydrogens (tertiary/aromatic N) is 1. The van der Waals surface area contributed by atoms with Crippen molar-refractivity contribution in [1.82, 2.24) is 4.90 Å². The van der Waals surface area contributed by atoms with Gasteiger partial charge < -0.3 is 4.74 Å².